The first-order valence-electron chi connectivity index (χ1n) is 6.18. The van der Waals surface area contributed by atoms with Crippen molar-refractivity contribution in [3.63, 3.8) is 0 Å². The number of halogens is 2. The first-order valence-corrected chi connectivity index (χ1v) is 6.56. The minimum absolute atomic E-state index is 0.209. The second-order valence-electron chi connectivity index (χ2n) is 4.97. The van der Waals surface area contributed by atoms with E-state index in [2.05, 4.69) is 10.2 Å². The van der Waals surface area contributed by atoms with Gasteiger partial charge >= 0.3 is 0 Å². The van der Waals surface area contributed by atoms with Gasteiger partial charge in [-0.15, -0.1) is 0 Å². The largest absolute Gasteiger partial charge is 0.370 e. The third-order valence-corrected chi connectivity index (χ3v) is 3.79. The van der Waals surface area contributed by atoms with Crippen LogP contribution in [0, 0.1) is 5.82 Å². The zero-order valence-electron chi connectivity index (χ0n) is 9.63. The SMILES string of the molecule is Fc1ccc(N2CCC(NC3CC3)C2)cc1Cl. The normalized spacial score (nSPS) is 24.4. The van der Waals surface area contributed by atoms with Crippen LogP contribution in [0.15, 0.2) is 18.2 Å². The van der Waals surface area contributed by atoms with Crippen LogP contribution in [0.2, 0.25) is 5.02 Å². The maximum Gasteiger partial charge on any atom is 0.141 e. The Morgan fingerprint density at radius 3 is 2.76 bits per heavy atom. The zero-order chi connectivity index (χ0) is 11.8. The molecule has 1 saturated carbocycles. The lowest BCUT2D eigenvalue weighted by atomic mass is 10.2. The molecule has 1 heterocycles. The van der Waals surface area contributed by atoms with Crippen LogP contribution in [0.3, 0.4) is 0 Å². The van der Waals surface area contributed by atoms with E-state index in [4.69, 9.17) is 11.6 Å². The standard InChI is InChI=1S/C13H16ClFN2/c14-12-7-11(3-4-13(12)15)17-6-5-10(8-17)16-9-1-2-9/h3-4,7,9-10,16H,1-2,5-6,8H2. The number of hydrogen-bond acceptors (Lipinski definition) is 2. The highest BCUT2D eigenvalue weighted by molar-refractivity contribution is 6.31. The summed E-state index contributed by atoms with van der Waals surface area (Å²) in [7, 11) is 0. The molecule has 1 atom stereocenters. The van der Waals surface area contributed by atoms with Gasteiger partial charge in [0, 0.05) is 30.9 Å². The molecule has 2 fully saturated rings. The summed E-state index contributed by atoms with van der Waals surface area (Å²) in [6, 6.07) is 6.29. The molecule has 1 N–H and O–H groups in total. The van der Waals surface area contributed by atoms with E-state index in [9.17, 15) is 4.39 Å². The maximum absolute atomic E-state index is 13.1. The van der Waals surface area contributed by atoms with E-state index >= 15 is 0 Å². The molecule has 17 heavy (non-hydrogen) atoms. The Bertz CT molecular complexity index is 420. The second-order valence-corrected chi connectivity index (χ2v) is 5.38. The smallest absolute Gasteiger partial charge is 0.141 e. The number of nitrogens with one attached hydrogen (secondary N) is 1. The highest BCUT2D eigenvalue weighted by Crippen LogP contribution is 2.27. The molecule has 1 saturated heterocycles. The van der Waals surface area contributed by atoms with Gasteiger partial charge in [0.1, 0.15) is 5.82 Å². The summed E-state index contributed by atoms with van der Waals surface area (Å²) < 4.78 is 13.1. The molecule has 1 aromatic carbocycles. The highest BCUT2D eigenvalue weighted by atomic mass is 35.5. The molecule has 0 spiro atoms. The maximum atomic E-state index is 13.1. The molecule has 1 unspecified atom stereocenters. The molecule has 3 rings (SSSR count). The molecular weight excluding hydrogens is 239 g/mol. The van der Waals surface area contributed by atoms with E-state index in [1.165, 1.54) is 18.9 Å². The van der Waals surface area contributed by atoms with Crippen LogP contribution < -0.4 is 10.2 Å². The number of rotatable bonds is 3. The van der Waals surface area contributed by atoms with Crippen molar-refractivity contribution < 1.29 is 4.39 Å². The highest BCUT2D eigenvalue weighted by Gasteiger charge is 2.29. The van der Waals surface area contributed by atoms with Crippen LogP contribution in [0.25, 0.3) is 0 Å². The predicted octanol–water partition coefficient (Wildman–Crippen LogP) is 2.81. The molecule has 0 aromatic heterocycles. The van der Waals surface area contributed by atoms with Gasteiger partial charge in [-0.3, -0.25) is 0 Å². The molecule has 1 aromatic rings. The fourth-order valence-electron chi connectivity index (χ4n) is 2.40. The minimum Gasteiger partial charge on any atom is -0.370 e. The van der Waals surface area contributed by atoms with E-state index < -0.39 is 0 Å². The lowest BCUT2D eigenvalue weighted by Crippen LogP contribution is -2.33. The van der Waals surface area contributed by atoms with Gasteiger partial charge in [0.05, 0.1) is 5.02 Å². The van der Waals surface area contributed by atoms with Gasteiger partial charge in [0.2, 0.25) is 0 Å². The van der Waals surface area contributed by atoms with Gasteiger partial charge in [0.25, 0.3) is 0 Å². The summed E-state index contributed by atoms with van der Waals surface area (Å²) in [5.74, 6) is -0.345. The predicted molar refractivity (Wildman–Crippen MR) is 68.2 cm³/mol. The number of benzene rings is 1. The Hall–Kier alpha value is -0.800. The van der Waals surface area contributed by atoms with Crippen molar-refractivity contribution in [1.82, 2.24) is 5.32 Å². The first-order chi connectivity index (χ1) is 8.22. The fraction of sp³-hybridized carbons (Fsp3) is 0.538. The molecule has 4 heteroatoms. The molecule has 0 bridgehead atoms. The molecule has 2 nitrogen and oxygen atoms in total. The summed E-state index contributed by atoms with van der Waals surface area (Å²) in [5, 5.41) is 3.84. The summed E-state index contributed by atoms with van der Waals surface area (Å²) in [6.07, 6.45) is 3.79. The average molecular weight is 255 g/mol. The number of hydrogen-bond donors (Lipinski definition) is 1. The Morgan fingerprint density at radius 2 is 2.06 bits per heavy atom. The van der Waals surface area contributed by atoms with Gasteiger partial charge in [-0.25, -0.2) is 4.39 Å². The summed E-state index contributed by atoms with van der Waals surface area (Å²) in [5.41, 5.74) is 1.02. The fourth-order valence-corrected chi connectivity index (χ4v) is 2.57. The van der Waals surface area contributed by atoms with Crippen LogP contribution in [0.1, 0.15) is 19.3 Å². The Labute approximate surface area is 106 Å². The van der Waals surface area contributed by atoms with Gasteiger partial charge in [-0.2, -0.15) is 0 Å². The Kier molecular flexibility index (Phi) is 2.97. The van der Waals surface area contributed by atoms with Gasteiger partial charge < -0.3 is 10.2 Å². The lowest BCUT2D eigenvalue weighted by Gasteiger charge is -2.19. The average Bonchev–Trinajstić information content (AvgIpc) is 2.99. The van der Waals surface area contributed by atoms with E-state index in [0.29, 0.717) is 6.04 Å². The van der Waals surface area contributed by atoms with Crippen molar-refractivity contribution in [1.29, 1.82) is 0 Å². The molecule has 92 valence electrons. The van der Waals surface area contributed by atoms with E-state index in [-0.39, 0.29) is 10.8 Å². The van der Waals surface area contributed by atoms with Crippen molar-refractivity contribution in [2.75, 3.05) is 18.0 Å². The van der Waals surface area contributed by atoms with E-state index in [1.54, 1.807) is 12.1 Å². The van der Waals surface area contributed by atoms with Gasteiger partial charge in [0.15, 0.2) is 0 Å². The molecule has 1 aliphatic heterocycles. The molecule has 1 aliphatic carbocycles. The Morgan fingerprint density at radius 1 is 1.24 bits per heavy atom. The van der Waals surface area contributed by atoms with Gasteiger partial charge in [-0.05, 0) is 37.5 Å². The van der Waals surface area contributed by atoms with Crippen molar-refractivity contribution in [2.24, 2.45) is 0 Å². The third-order valence-electron chi connectivity index (χ3n) is 3.51. The van der Waals surface area contributed by atoms with Crippen LogP contribution in [-0.2, 0) is 0 Å². The van der Waals surface area contributed by atoms with Crippen molar-refractivity contribution in [3.05, 3.63) is 29.0 Å². The van der Waals surface area contributed by atoms with E-state index in [0.717, 1.165) is 31.2 Å². The summed E-state index contributed by atoms with van der Waals surface area (Å²) in [4.78, 5) is 2.27. The summed E-state index contributed by atoms with van der Waals surface area (Å²) >= 11 is 5.81. The molecular formula is C13H16ClFN2. The van der Waals surface area contributed by atoms with Gasteiger partial charge in [-0.1, -0.05) is 11.6 Å². The quantitative estimate of drug-likeness (QED) is 0.892. The monoisotopic (exact) mass is 254 g/mol. The number of nitrogens with zero attached hydrogens (tertiary/aromatic N) is 1. The number of anilines is 1. The van der Waals surface area contributed by atoms with Crippen LogP contribution in [-0.4, -0.2) is 25.2 Å². The van der Waals surface area contributed by atoms with E-state index in [1.807, 2.05) is 0 Å². The second kappa shape index (κ2) is 4.46. The minimum atomic E-state index is -0.345. The molecule has 2 aliphatic rings. The molecule has 0 amide bonds. The zero-order valence-corrected chi connectivity index (χ0v) is 10.4. The summed E-state index contributed by atoms with van der Waals surface area (Å²) in [6.45, 7) is 2.02. The van der Waals surface area contributed by atoms with Crippen molar-refractivity contribution in [3.8, 4) is 0 Å². The van der Waals surface area contributed by atoms with Crippen LogP contribution >= 0.6 is 11.6 Å². The molecule has 0 radical (unpaired) electrons. The third kappa shape index (κ3) is 2.55. The topological polar surface area (TPSA) is 15.3 Å². The Balaban J connectivity index is 1.66. The van der Waals surface area contributed by atoms with Crippen molar-refractivity contribution in [2.45, 2.75) is 31.3 Å². The van der Waals surface area contributed by atoms with Crippen LogP contribution in [0.5, 0.6) is 0 Å². The first kappa shape index (κ1) is 11.3. The van der Waals surface area contributed by atoms with Crippen LogP contribution in [0.4, 0.5) is 10.1 Å². The van der Waals surface area contributed by atoms with Crippen molar-refractivity contribution >= 4 is 17.3 Å². The lowest BCUT2D eigenvalue weighted by molar-refractivity contribution is 0.548.